The van der Waals surface area contributed by atoms with Gasteiger partial charge in [0.25, 0.3) is 0 Å². The van der Waals surface area contributed by atoms with E-state index in [0.29, 0.717) is 5.39 Å². The van der Waals surface area contributed by atoms with Crippen molar-refractivity contribution >= 4 is 21.9 Å². The molecule has 4 rings (SSSR count). The number of fused-ring (bicyclic) bond motifs is 3. The van der Waals surface area contributed by atoms with Crippen molar-refractivity contribution in [3.8, 4) is 11.3 Å². The molecule has 0 aliphatic heterocycles. The van der Waals surface area contributed by atoms with Crippen LogP contribution in [0.2, 0.25) is 0 Å². The zero-order valence-corrected chi connectivity index (χ0v) is 11.4. The Kier molecular flexibility index (Phi) is 2.41. The molecular weight excluding hydrogens is 264 g/mol. The summed E-state index contributed by atoms with van der Waals surface area (Å²) < 4.78 is 1.91. The number of imidazole rings is 1. The molecule has 3 heterocycles. The molecule has 3 aromatic heterocycles. The first-order valence-corrected chi connectivity index (χ1v) is 6.61. The van der Waals surface area contributed by atoms with Crippen molar-refractivity contribution in [2.75, 3.05) is 0 Å². The summed E-state index contributed by atoms with van der Waals surface area (Å²) in [6, 6.07) is 9.25. The fraction of sp³-hybridized carbons (Fsp3) is 0.0625. The normalized spacial score (nSPS) is 11.3. The van der Waals surface area contributed by atoms with E-state index in [-0.39, 0.29) is 5.43 Å². The second-order valence-corrected chi connectivity index (χ2v) is 4.99. The molecule has 5 nitrogen and oxygen atoms in total. The lowest BCUT2D eigenvalue weighted by Gasteiger charge is -2.05. The van der Waals surface area contributed by atoms with Crippen LogP contribution >= 0.6 is 0 Å². The Bertz CT molecular complexity index is 1010. The van der Waals surface area contributed by atoms with Gasteiger partial charge in [-0.25, -0.2) is 4.98 Å². The van der Waals surface area contributed by atoms with Gasteiger partial charge in [-0.15, -0.1) is 0 Å². The molecule has 0 unspecified atom stereocenters. The smallest absolute Gasteiger partial charge is 0.192 e. The number of benzene rings is 1. The summed E-state index contributed by atoms with van der Waals surface area (Å²) in [5.41, 5.74) is 4.16. The van der Waals surface area contributed by atoms with E-state index < -0.39 is 0 Å². The van der Waals surface area contributed by atoms with Crippen LogP contribution in [0.3, 0.4) is 0 Å². The molecule has 0 fully saturated rings. The third-order valence-corrected chi connectivity index (χ3v) is 3.68. The summed E-state index contributed by atoms with van der Waals surface area (Å²) >= 11 is 0. The van der Waals surface area contributed by atoms with Crippen molar-refractivity contribution in [3.63, 3.8) is 0 Å². The number of rotatable bonds is 1. The van der Waals surface area contributed by atoms with E-state index in [2.05, 4.69) is 15.0 Å². The largest absolute Gasteiger partial charge is 0.354 e. The number of aromatic amines is 1. The van der Waals surface area contributed by atoms with Gasteiger partial charge < -0.3 is 9.55 Å². The molecule has 0 saturated heterocycles. The quantitative estimate of drug-likeness (QED) is 0.581. The van der Waals surface area contributed by atoms with Gasteiger partial charge in [0.15, 0.2) is 5.43 Å². The van der Waals surface area contributed by atoms with E-state index in [1.165, 1.54) is 0 Å². The van der Waals surface area contributed by atoms with Gasteiger partial charge in [-0.05, 0) is 24.3 Å². The van der Waals surface area contributed by atoms with Crippen molar-refractivity contribution in [1.82, 2.24) is 19.5 Å². The Labute approximate surface area is 119 Å². The monoisotopic (exact) mass is 276 g/mol. The van der Waals surface area contributed by atoms with E-state index in [9.17, 15) is 4.79 Å². The molecular formula is C16H12N4O. The second kappa shape index (κ2) is 4.28. The molecule has 0 spiro atoms. The third-order valence-electron chi connectivity index (χ3n) is 3.68. The van der Waals surface area contributed by atoms with E-state index in [4.69, 9.17) is 0 Å². The Balaban J connectivity index is 2.08. The molecule has 0 aliphatic rings. The fourth-order valence-corrected chi connectivity index (χ4v) is 2.63. The highest BCUT2D eigenvalue weighted by Crippen LogP contribution is 2.23. The summed E-state index contributed by atoms with van der Waals surface area (Å²) in [5.74, 6) is 0. The first-order chi connectivity index (χ1) is 10.2. The molecule has 0 aliphatic carbocycles. The average molecular weight is 276 g/mol. The van der Waals surface area contributed by atoms with Gasteiger partial charge in [0.1, 0.15) is 5.52 Å². The molecule has 0 bridgehead atoms. The van der Waals surface area contributed by atoms with Crippen LogP contribution in [0.15, 0.2) is 53.8 Å². The highest BCUT2D eigenvalue weighted by molar-refractivity contribution is 6.03. The lowest BCUT2D eigenvalue weighted by Crippen LogP contribution is -2.04. The van der Waals surface area contributed by atoms with Crippen LogP contribution in [0.4, 0.5) is 0 Å². The lowest BCUT2D eigenvalue weighted by atomic mass is 10.1. The number of pyridine rings is 2. The van der Waals surface area contributed by atoms with Gasteiger partial charge in [-0.3, -0.25) is 9.78 Å². The van der Waals surface area contributed by atoms with Crippen LogP contribution in [-0.4, -0.2) is 19.5 Å². The maximum atomic E-state index is 12.5. The summed E-state index contributed by atoms with van der Waals surface area (Å²) in [6.45, 7) is 0. The highest BCUT2D eigenvalue weighted by atomic mass is 16.1. The van der Waals surface area contributed by atoms with Crippen molar-refractivity contribution < 1.29 is 0 Å². The number of nitrogens with one attached hydrogen (secondary N) is 1. The molecule has 5 heteroatoms. The lowest BCUT2D eigenvalue weighted by molar-refractivity contribution is 0.948. The molecule has 0 radical (unpaired) electrons. The SMILES string of the molecule is Cn1cnc2c3c(=O)cc(-c4ccncc4)[nH]c3ccc21. The van der Waals surface area contributed by atoms with Gasteiger partial charge in [0.2, 0.25) is 0 Å². The van der Waals surface area contributed by atoms with E-state index >= 15 is 0 Å². The fourth-order valence-electron chi connectivity index (χ4n) is 2.63. The first-order valence-electron chi connectivity index (χ1n) is 6.61. The molecule has 1 aromatic carbocycles. The highest BCUT2D eigenvalue weighted by Gasteiger charge is 2.10. The van der Waals surface area contributed by atoms with E-state index in [0.717, 1.165) is 27.8 Å². The van der Waals surface area contributed by atoms with Gasteiger partial charge in [0.05, 0.1) is 22.7 Å². The van der Waals surface area contributed by atoms with Crippen molar-refractivity contribution in [1.29, 1.82) is 0 Å². The number of aryl methyl sites for hydroxylation is 1. The summed E-state index contributed by atoms with van der Waals surface area (Å²) in [6.07, 6.45) is 5.14. The van der Waals surface area contributed by atoms with Crippen molar-refractivity contribution in [2.24, 2.45) is 7.05 Å². The summed E-state index contributed by atoms with van der Waals surface area (Å²) in [7, 11) is 1.92. The Morgan fingerprint density at radius 2 is 1.95 bits per heavy atom. The zero-order chi connectivity index (χ0) is 14.4. The Hall–Kier alpha value is -2.95. The summed E-state index contributed by atoms with van der Waals surface area (Å²) in [4.78, 5) is 24.2. The molecule has 102 valence electrons. The van der Waals surface area contributed by atoms with Crippen LogP contribution in [0, 0.1) is 0 Å². The topological polar surface area (TPSA) is 63.6 Å². The molecule has 4 aromatic rings. The number of H-pyrrole nitrogens is 1. The van der Waals surface area contributed by atoms with Crippen LogP contribution in [0.25, 0.3) is 33.2 Å². The van der Waals surface area contributed by atoms with Gasteiger partial charge in [0, 0.05) is 36.8 Å². The average Bonchev–Trinajstić information content (AvgIpc) is 2.89. The molecule has 0 amide bonds. The van der Waals surface area contributed by atoms with E-state index in [1.54, 1.807) is 24.8 Å². The van der Waals surface area contributed by atoms with Crippen LogP contribution in [0.1, 0.15) is 0 Å². The number of aromatic nitrogens is 4. The minimum Gasteiger partial charge on any atom is -0.354 e. The number of hydrogen-bond acceptors (Lipinski definition) is 3. The number of nitrogens with zero attached hydrogens (tertiary/aromatic N) is 3. The number of hydrogen-bond donors (Lipinski definition) is 1. The molecule has 0 saturated carbocycles. The predicted molar refractivity (Wildman–Crippen MR) is 82.1 cm³/mol. The predicted octanol–water partition coefficient (Wildman–Crippen LogP) is 2.48. The molecule has 21 heavy (non-hydrogen) atoms. The Morgan fingerprint density at radius 1 is 1.14 bits per heavy atom. The van der Waals surface area contributed by atoms with Crippen LogP contribution in [-0.2, 0) is 7.05 Å². The molecule has 0 atom stereocenters. The van der Waals surface area contributed by atoms with Crippen molar-refractivity contribution in [3.05, 3.63) is 59.3 Å². The van der Waals surface area contributed by atoms with Crippen LogP contribution < -0.4 is 5.43 Å². The van der Waals surface area contributed by atoms with Gasteiger partial charge in [-0.1, -0.05) is 0 Å². The summed E-state index contributed by atoms with van der Waals surface area (Å²) in [5, 5.41) is 0.630. The van der Waals surface area contributed by atoms with Gasteiger partial charge in [-0.2, -0.15) is 0 Å². The minimum atomic E-state index is -0.0279. The molecule has 1 N–H and O–H groups in total. The zero-order valence-electron chi connectivity index (χ0n) is 11.4. The van der Waals surface area contributed by atoms with Gasteiger partial charge >= 0.3 is 0 Å². The minimum absolute atomic E-state index is 0.0279. The second-order valence-electron chi connectivity index (χ2n) is 4.99. The third kappa shape index (κ3) is 1.74. The van der Waals surface area contributed by atoms with Crippen LogP contribution in [0.5, 0.6) is 0 Å². The Morgan fingerprint density at radius 3 is 2.76 bits per heavy atom. The van der Waals surface area contributed by atoms with Crippen molar-refractivity contribution in [2.45, 2.75) is 0 Å². The maximum Gasteiger partial charge on any atom is 0.192 e. The first kappa shape index (κ1) is 11.8. The standard InChI is InChI=1S/C16H12N4O/c1-20-9-18-16-13(20)3-2-11-15(16)14(21)8-12(19-11)10-4-6-17-7-5-10/h2-9H,1H3,(H,19,21). The van der Waals surface area contributed by atoms with E-state index in [1.807, 2.05) is 35.9 Å². The maximum absolute atomic E-state index is 12.5.